The molecular formula is C17H24N2O2S2. The molecule has 2 aliphatic carbocycles. The SMILES string of the molecule is COC(=O)c1c(NC(=S)N[C@H]2CCCC[C@@H]2C)sc2c1CCC2. The van der Waals surface area contributed by atoms with Gasteiger partial charge in [-0.05, 0) is 55.8 Å². The van der Waals surface area contributed by atoms with Crippen LogP contribution < -0.4 is 10.6 Å². The molecule has 3 rings (SSSR count). The van der Waals surface area contributed by atoms with Crippen LogP contribution in [0.4, 0.5) is 5.00 Å². The molecule has 1 fully saturated rings. The highest BCUT2D eigenvalue weighted by Gasteiger charge is 2.28. The fourth-order valence-electron chi connectivity index (χ4n) is 3.65. The van der Waals surface area contributed by atoms with Gasteiger partial charge in [0, 0.05) is 10.9 Å². The third-order valence-corrected chi connectivity index (χ3v) is 6.39. The summed E-state index contributed by atoms with van der Waals surface area (Å²) in [5.41, 5.74) is 1.84. The van der Waals surface area contributed by atoms with Gasteiger partial charge in [-0.2, -0.15) is 0 Å². The van der Waals surface area contributed by atoms with Gasteiger partial charge < -0.3 is 15.4 Å². The maximum absolute atomic E-state index is 12.2. The van der Waals surface area contributed by atoms with Crippen LogP contribution in [0.15, 0.2) is 0 Å². The first kappa shape index (κ1) is 16.7. The predicted octanol–water partition coefficient (Wildman–Crippen LogP) is 3.89. The highest BCUT2D eigenvalue weighted by molar-refractivity contribution is 7.80. The first-order valence-electron chi connectivity index (χ1n) is 8.40. The van der Waals surface area contributed by atoms with Crippen molar-refractivity contribution in [1.29, 1.82) is 0 Å². The van der Waals surface area contributed by atoms with E-state index in [9.17, 15) is 4.79 Å². The number of fused-ring (bicyclic) bond motifs is 1. The van der Waals surface area contributed by atoms with Crippen molar-refractivity contribution in [3.8, 4) is 0 Å². The molecule has 0 radical (unpaired) electrons. The average Bonchev–Trinajstić information content (AvgIpc) is 3.09. The van der Waals surface area contributed by atoms with Crippen molar-refractivity contribution in [3.05, 3.63) is 16.0 Å². The fourth-order valence-corrected chi connectivity index (χ4v) is 5.25. The van der Waals surface area contributed by atoms with E-state index in [0.29, 0.717) is 22.6 Å². The summed E-state index contributed by atoms with van der Waals surface area (Å²) in [6.07, 6.45) is 8.10. The smallest absolute Gasteiger partial charge is 0.341 e. The first-order valence-corrected chi connectivity index (χ1v) is 9.63. The quantitative estimate of drug-likeness (QED) is 0.638. The van der Waals surface area contributed by atoms with Gasteiger partial charge in [-0.15, -0.1) is 11.3 Å². The lowest BCUT2D eigenvalue weighted by molar-refractivity contribution is 0.0601. The summed E-state index contributed by atoms with van der Waals surface area (Å²) in [5.74, 6) is 0.373. The molecule has 0 aliphatic heterocycles. The maximum atomic E-state index is 12.2. The van der Waals surface area contributed by atoms with E-state index in [1.54, 1.807) is 11.3 Å². The molecule has 0 spiro atoms. The molecule has 0 aromatic carbocycles. The van der Waals surface area contributed by atoms with Gasteiger partial charge in [0.05, 0.1) is 12.7 Å². The molecule has 2 aliphatic rings. The summed E-state index contributed by atoms with van der Waals surface area (Å²) in [5, 5.41) is 8.16. The van der Waals surface area contributed by atoms with Gasteiger partial charge in [0.2, 0.25) is 0 Å². The molecule has 23 heavy (non-hydrogen) atoms. The molecule has 0 amide bonds. The summed E-state index contributed by atoms with van der Waals surface area (Å²) in [6, 6.07) is 0.428. The molecule has 1 aromatic rings. The molecule has 0 unspecified atom stereocenters. The zero-order valence-corrected chi connectivity index (χ0v) is 15.4. The number of esters is 1. The molecule has 1 heterocycles. The van der Waals surface area contributed by atoms with Crippen molar-refractivity contribution in [2.24, 2.45) is 5.92 Å². The second-order valence-electron chi connectivity index (χ2n) is 6.52. The van der Waals surface area contributed by atoms with Crippen molar-refractivity contribution in [1.82, 2.24) is 5.32 Å². The predicted molar refractivity (Wildman–Crippen MR) is 98.5 cm³/mol. The Morgan fingerprint density at radius 2 is 2.04 bits per heavy atom. The molecule has 2 atom stereocenters. The average molecular weight is 353 g/mol. The van der Waals surface area contributed by atoms with Gasteiger partial charge in [0.25, 0.3) is 0 Å². The minimum atomic E-state index is -0.263. The van der Waals surface area contributed by atoms with Crippen LogP contribution >= 0.6 is 23.6 Å². The Kier molecular flexibility index (Phi) is 5.21. The van der Waals surface area contributed by atoms with Crippen LogP contribution in [-0.2, 0) is 17.6 Å². The van der Waals surface area contributed by atoms with E-state index in [1.165, 1.54) is 31.2 Å². The van der Waals surface area contributed by atoms with E-state index in [0.717, 1.165) is 36.2 Å². The van der Waals surface area contributed by atoms with Crippen molar-refractivity contribution < 1.29 is 9.53 Å². The summed E-state index contributed by atoms with van der Waals surface area (Å²) < 4.78 is 4.97. The lowest BCUT2D eigenvalue weighted by Gasteiger charge is -2.30. The van der Waals surface area contributed by atoms with E-state index >= 15 is 0 Å². The van der Waals surface area contributed by atoms with Crippen LogP contribution in [0.5, 0.6) is 0 Å². The number of rotatable bonds is 3. The largest absolute Gasteiger partial charge is 0.465 e. The van der Waals surface area contributed by atoms with Crippen LogP contribution in [0.3, 0.4) is 0 Å². The Labute approximate surface area is 147 Å². The van der Waals surface area contributed by atoms with E-state index in [2.05, 4.69) is 17.6 Å². The number of ether oxygens (including phenoxy) is 1. The Balaban J connectivity index is 1.72. The number of nitrogens with one attached hydrogen (secondary N) is 2. The van der Waals surface area contributed by atoms with Gasteiger partial charge in [0.15, 0.2) is 5.11 Å². The van der Waals surface area contributed by atoms with Crippen LogP contribution in [-0.4, -0.2) is 24.2 Å². The Hall–Kier alpha value is -1.14. The normalized spacial score (nSPS) is 23.2. The molecule has 4 nitrogen and oxygen atoms in total. The second kappa shape index (κ2) is 7.18. The highest BCUT2D eigenvalue weighted by atomic mass is 32.1. The molecule has 6 heteroatoms. The number of hydrogen-bond donors (Lipinski definition) is 2. The van der Waals surface area contributed by atoms with E-state index in [4.69, 9.17) is 17.0 Å². The van der Waals surface area contributed by atoms with Crippen LogP contribution in [0, 0.1) is 5.92 Å². The van der Waals surface area contributed by atoms with Gasteiger partial charge >= 0.3 is 5.97 Å². The second-order valence-corrected chi connectivity index (χ2v) is 8.03. The first-order chi connectivity index (χ1) is 11.1. The van der Waals surface area contributed by atoms with Crippen LogP contribution in [0.1, 0.15) is 59.8 Å². The Morgan fingerprint density at radius 1 is 1.26 bits per heavy atom. The summed E-state index contributed by atoms with van der Waals surface area (Å²) in [6.45, 7) is 2.28. The van der Waals surface area contributed by atoms with Gasteiger partial charge in [-0.3, -0.25) is 0 Å². The van der Waals surface area contributed by atoms with Crippen molar-refractivity contribution >= 4 is 39.6 Å². The van der Waals surface area contributed by atoms with E-state index < -0.39 is 0 Å². The maximum Gasteiger partial charge on any atom is 0.341 e. The molecule has 0 bridgehead atoms. The van der Waals surface area contributed by atoms with Crippen LogP contribution in [0.25, 0.3) is 0 Å². The molecule has 1 aromatic heterocycles. The fraction of sp³-hybridized carbons (Fsp3) is 0.647. The molecule has 2 N–H and O–H groups in total. The molecule has 1 saturated carbocycles. The lowest BCUT2D eigenvalue weighted by Crippen LogP contribution is -2.43. The number of thiophene rings is 1. The zero-order valence-electron chi connectivity index (χ0n) is 13.7. The standard InChI is InChI=1S/C17H24N2O2S2/c1-10-6-3-4-8-12(10)18-17(22)19-15-14(16(20)21-2)11-7-5-9-13(11)23-15/h10,12H,3-9H2,1-2H3,(H2,18,19,22)/t10-,12-/m0/s1. The number of anilines is 1. The molecular weight excluding hydrogens is 328 g/mol. The summed E-state index contributed by atoms with van der Waals surface area (Å²) in [4.78, 5) is 13.5. The number of thiocarbonyl (C=S) groups is 1. The summed E-state index contributed by atoms with van der Waals surface area (Å²) in [7, 11) is 1.44. The monoisotopic (exact) mass is 352 g/mol. The Bertz CT molecular complexity index is 612. The van der Waals surface area contributed by atoms with Crippen molar-refractivity contribution in [2.45, 2.75) is 57.9 Å². The number of aryl methyl sites for hydroxylation is 1. The topological polar surface area (TPSA) is 50.4 Å². The van der Waals surface area contributed by atoms with Gasteiger partial charge in [-0.25, -0.2) is 4.79 Å². The third-order valence-electron chi connectivity index (χ3n) is 4.97. The number of carbonyl (C=O) groups excluding carboxylic acids is 1. The minimum Gasteiger partial charge on any atom is -0.465 e. The summed E-state index contributed by atoms with van der Waals surface area (Å²) >= 11 is 7.14. The minimum absolute atomic E-state index is 0.263. The van der Waals surface area contributed by atoms with Crippen molar-refractivity contribution in [3.63, 3.8) is 0 Å². The van der Waals surface area contributed by atoms with Gasteiger partial charge in [0.1, 0.15) is 5.00 Å². The van der Waals surface area contributed by atoms with E-state index in [-0.39, 0.29) is 5.97 Å². The van der Waals surface area contributed by atoms with Crippen molar-refractivity contribution in [2.75, 3.05) is 12.4 Å². The zero-order chi connectivity index (χ0) is 16.4. The lowest BCUT2D eigenvalue weighted by atomic mass is 9.86. The van der Waals surface area contributed by atoms with Gasteiger partial charge in [-0.1, -0.05) is 19.8 Å². The third kappa shape index (κ3) is 3.53. The molecule has 126 valence electrons. The highest BCUT2D eigenvalue weighted by Crippen LogP contribution is 2.39. The number of hydrogen-bond acceptors (Lipinski definition) is 4. The Morgan fingerprint density at radius 3 is 2.78 bits per heavy atom. The number of carbonyl (C=O) groups is 1. The number of methoxy groups -OCH3 is 1. The molecule has 0 saturated heterocycles. The van der Waals surface area contributed by atoms with Crippen LogP contribution in [0.2, 0.25) is 0 Å². The van der Waals surface area contributed by atoms with E-state index in [1.807, 2.05) is 0 Å².